The number of hydrogen-bond donors (Lipinski definition) is 0. The van der Waals surface area contributed by atoms with E-state index >= 15 is 0 Å². The second-order valence-corrected chi connectivity index (χ2v) is 5.50. The summed E-state index contributed by atoms with van der Waals surface area (Å²) in [4.78, 5) is 6.04. The Hall–Kier alpha value is -1.50. The lowest BCUT2D eigenvalue weighted by atomic mass is 10.3. The van der Waals surface area contributed by atoms with E-state index < -0.39 is 0 Å². The van der Waals surface area contributed by atoms with Crippen LogP contribution < -0.4 is 0 Å². The quantitative estimate of drug-likeness (QED) is 0.855. The van der Waals surface area contributed by atoms with Crippen molar-refractivity contribution in [1.82, 2.24) is 25.1 Å². The van der Waals surface area contributed by atoms with Crippen LogP contribution in [0.3, 0.4) is 0 Å². The number of nitrogens with zero attached hydrogens (tertiary/aromatic N) is 5. The van der Waals surface area contributed by atoms with Gasteiger partial charge >= 0.3 is 0 Å². The molecule has 0 bridgehead atoms. The molecule has 0 saturated carbocycles. The van der Waals surface area contributed by atoms with Crippen molar-refractivity contribution in [3.8, 4) is 0 Å². The minimum Gasteiger partial charge on any atom is -0.225 e. The zero-order valence-corrected chi connectivity index (χ0v) is 11.5. The zero-order chi connectivity index (χ0) is 13.4. The SMILES string of the molecule is c1ccc2c(c1)nnn2C1CCCN1ON1CCCC1. The van der Waals surface area contributed by atoms with Crippen molar-refractivity contribution >= 4 is 11.0 Å². The highest BCUT2D eigenvalue weighted by Crippen LogP contribution is 2.30. The fourth-order valence-corrected chi connectivity index (χ4v) is 3.09. The summed E-state index contributed by atoms with van der Waals surface area (Å²) in [6.07, 6.45) is 4.80. The van der Waals surface area contributed by atoms with Crippen LogP contribution in [0.2, 0.25) is 0 Å². The average molecular weight is 273 g/mol. The van der Waals surface area contributed by atoms with Gasteiger partial charge in [0.05, 0.1) is 5.52 Å². The van der Waals surface area contributed by atoms with Crippen LogP contribution in [0.15, 0.2) is 24.3 Å². The maximum Gasteiger partial charge on any atom is 0.131 e. The van der Waals surface area contributed by atoms with Gasteiger partial charge in [-0.1, -0.05) is 17.3 Å². The number of aromatic nitrogens is 3. The summed E-state index contributed by atoms with van der Waals surface area (Å²) in [5, 5.41) is 12.7. The molecule has 0 spiro atoms. The Labute approximate surface area is 117 Å². The first-order valence-electron chi connectivity index (χ1n) is 7.41. The lowest BCUT2D eigenvalue weighted by Gasteiger charge is -2.27. The number of hydrogen-bond acceptors (Lipinski definition) is 5. The Morgan fingerprint density at radius 1 is 1.05 bits per heavy atom. The summed E-state index contributed by atoms with van der Waals surface area (Å²) >= 11 is 0. The molecule has 106 valence electrons. The minimum absolute atomic E-state index is 0.156. The molecule has 2 aromatic rings. The molecule has 1 aromatic heterocycles. The van der Waals surface area contributed by atoms with Crippen molar-refractivity contribution in [3.05, 3.63) is 24.3 Å². The van der Waals surface area contributed by atoms with Crippen molar-refractivity contribution in [1.29, 1.82) is 0 Å². The van der Waals surface area contributed by atoms with Gasteiger partial charge in [0.1, 0.15) is 11.7 Å². The molecule has 2 aliphatic rings. The van der Waals surface area contributed by atoms with E-state index in [4.69, 9.17) is 4.94 Å². The summed E-state index contributed by atoms with van der Waals surface area (Å²) in [6, 6.07) is 8.10. The molecule has 20 heavy (non-hydrogen) atoms. The minimum atomic E-state index is 0.156. The van der Waals surface area contributed by atoms with Gasteiger partial charge in [-0.2, -0.15) is 5.06 Å². The summed E-state index contributed by atoms with van der Waals surface area (Å²) in [5.74, 6) is 0. The predicted octanol–water partition coefficient (Wildman–Crippen LogP) is 1.97. The summed E-state index contributed by atoms with van der Waals surface area (Å²) in [5.41, 5.74) is 2.02. The van der Waals surface area contributed by atoms with E-state index in [1.807, 2.05) is 22.9 Å². The number of benzene rings is 1. The van der Waals surface area contributed by atoms with Crippen LogP contribution in [-0.2, 0) is 4.94 Å². The number of hydroxylamine groups is 4. The van der Waals surface area contributed by atoms with Crippen LogP contribution in [0.5, 0.6) is 0 Å². The maximum absolute atomic E-state index is 6.04. The molecule has 4 rings (SSSR count). The van der Waals surface area contributed by atoms with Crippen molar-refractivity contribution < 1.29 is 4.94 Å². The third-order valence-electron chi connectivity index (χ3n) is 4.12. The van der Waals surface area contributed by atoms with Crippen LogP contribution in [-0.4, -0.2) is 44.8 Å². The van der Waals surface area contributed by atoms with Gasteiger partial charge in [0, 0.05) is 19.6 Å². The molecule has 0 aliphatic carbocycles. The first kappa shape index (κ1) is 12.3. The topological polar surface area (TPSA) is 46.4 Å². The Bertz CT molecular complexity index is 592. The molecule has 2 saturated heterocycles. The smallest absolute Gasteiger partial charge is 0.131 e. The average Bonchev–Trinajstić information content (AvgIpc) is 3.19. The highest BCUT2D eigenvalue weighted by molar-refractivity contribution is 5.73. The molecule has 1 aromatic carbocycles. The second-order valence-electron chi connectivity index (χ2n) is 5.50. The van der Waals surface area contributed by atoms with E-state index in [1.54, 1.807) is 0 Å². The summed E-state index contributed by atoms with van der Waals surface area (Å²) in [6.45, 7) is 3.01. The molecule has 0 amide bonds. The van der Waals surface area contributed by atoms with Crippen LogP contribution in [0.1, 0.15) is 31.8 Å². The fraction of sp³-hybridized carbons (Fsp3) is 0.571. The Morgan fingerprint density at radius 3 is 2.80 bits per heavy atom. The largest absolute Gasteiger partial charge is 0.225 e. The highest BCUT2D eigenvalue weighted by atomic mass is 16.8. The molecule has 1 atom stereocenters. The number of rotatable bonds is 3. The molecule has 3 heterocycles. The molecule has 2 aliphatic heterocycles. The number of para-hydroxylation sites is 1. The van der Waals surface area contributed by atoms with E-state index in [0.29, 0.717) is 0 Å². The van der Waals surface area contributed by atoms with E-state index in [2.05, 4.69) is 26.5 Å². The third kappa shape index (κ3) is 2.09. The Kier molecular flexibility index (Phi) is 3.14. The molecule has 0 radical (unpaired) electrons. The van der Waals surface area contributed by atoms with Crippen molar-refractivity contribution in [3.63, 3.8) is 0 Å². The Balaban J connectivity index is 1.59. The van der Waals surface area contributed by atoms with E-state index in [0.717, 1.165) is 43.5 Å². The molecular formula is C14H19N5O. The van der Waals surface area contributed by atoms with Crippen LogP contribution in [0.4, 0.5) is 0 Å². The van der Waals surface area contributed by atoms with Gasteiger partial charge in [-0.05, 0) is 37.8 Å². The highest BCUT2D eigenvalue weighted by Gasteiger charge is 2.31. The van der Waals surface area contributed by atoms with Gasteiger partial charge in [0.15, 0.2) is 0 Å². The first-order valence-corrected chi connectivity index (χ1v) is 7.41. The summed E-state index contributed by atoms with van der Waals surface area (Å²) in [7, 11) is 0. The number of fused-ring (bicyclic) bond motifs is 1. The lowest BCUT2D eigenvalue weighted by Crippen LogP contribution is -2.35. The molecule has 6 heteroatoms. The van der Waals surface area contributed by atoms with Gasteiger partial charge in [-0.25, -0.2) is 9.62 Å². The van der Waals surface area contributed by atoms with Crippen LogP contribution >= 0.6 is 0 Å². The van der Waals surface area contributed by atoms with E-state index in [1.165, 1.54) is 12.8 Å². The fourth-order valence-electron chi connectivity index (χ4n) is 3.09. The van der Waals surface area contributed by atoms with Crippen molar-refractivity contribution in [2.75, 3.05) is 19.6 Å². The first-order chi connectivity index (χ1) is 9.92. The molecule has 2 fully saturated rings. The van der Waals surface area contributed by atoms with Gasteiger partial charge < -0.3 is 0 Å². The molecule has 0 N–H and O–H groups in total. The predicted molar refractivity (Wildman–Crippen MR) is 74.4 cm³/mol. The van der Waals surface area contributed by atoms with Crippen LogP contribution in [0.25, 0.3) is 11.0 Å². The standard InChI is InChI=1S/C14H19N5O/c1-2-7-13-12(6-1)15-16-19(13)14-8-5-11-18(14)20-17-9-3-4-10-17/h1-2,6-7,14H,3-5,8-11H2. The maximum atomic E-state index is 6.04. The Morgan fingerprint density at radius 2 is 1.90 bits per heavy atom. The molecule has 6 nitrogen and oxygen atoms in total. The monoisotopic (exact) mass is 273 g/mol. The van der Waals surface area contributed by atoms with Crippen molar-refractivity contribution in [2.24, 2.45) is 0 Å². The molecular weight excluding hydrogens is 254 g/mol. The van der Waals surface area contributed by atoms with Gasteiger partial charge in [0.2, 0.25) is 0 Å². The van der Waals surface area contributed by atoms with E-state index in [9.17, 15) is 0 Å². The lowest BCUT2D eigenvalue weighted by molar-refractivity contribution is -0.333. The summed E-state index contributed by atoms with van der Waals surface area (Å²) < 4.78 is 2.00. The van der Waals surface area contributed by atoms with Gasteiger partial charge in [0.25, 0.3) is 0 Å². The molecule has 1 unspecified atom stereocenters. The zero-order valence-electron chi connectivity index (χ0n) is 11.5. The van der Waals surface area contributed by atoms with E-state index in [-0.39, 0.29) is 6.17 Å². The third-order valence-corrected chi connectivity index (χ3v) is 4.12. The van der Waals surface area contributed by atoms with Gasteiger partial charge in [-0.3, -0.25) is 0 Å². The van der Waals surface area contributed by atoms with Crippen LogP contribution in [0, 0.1) is 0 Å². The van der Waals surface area contributed by atoms with Crippen molar-refractivity contribution in [2.45, 2.75) is 31.8 Å². The normalized spacial score (nSPS) is 24.9. The van der Waals surface area contributed by atoms with Gasteiger partial charge in [-0.15, -0.1) is 10.2 Å². The second kappa shape index (κ2) is 5.12.